The molecule has 2 N–H and O–H groups in total. The molecule has 0 saturated heterocycles. The highest BCUT2D eigenvalue weighted by molar-refractivity contribution is 6.00. The van der Waals surface area contributed by atoms with Crippen LogP contribution in [0.1, 0.15) is 35.1 Å². The number of aromatic amines is 1. The number of benzene rings is 1. The van der Waals surface area contributed by atoms with Crippen molar-refractivity contribution in [3.05, 3.63) is 53.6 Å². The normalized spacial score (nSPS) is 13.7. The Hall–Kier alpha value is -3.49. The zero-order valence-corrected chi connectivity index (χ0v) is 15.6. The third-order valence-corrected chi connectivity index (χ3v) is 4.78. The van der Waals surface area contributed by atoms with Gasteiger partial charge in [-0.1, -0.05) is 18.2 Å². The lowest BCUT2D eigenvalue weighted by Gasteiger charge is -2.17. The van der Waals surface area contributed by atoms with Gasteiger partial charge in [0.15, 0.2) is 5.82 Å². The highest BCUT2D eigenvalue weighted by Crippen LogP contribution is 2.19. The van der Waals surface area contributed by atoms with Crippen LogP contribution in [0.25, 0.3) is 11.4 Å². The zero-order valence-electron chi connectivity index (χ0n) is 15.6. The van der Waals surface area contributed by atoms with Crippen molar-refractivity contribution >= 4 is 11.8 Å². The fourth-order valence-electron chi connectivity index (χ4n) is 3.37. The number of aryl methyl sites for hydroxylation is 1. The first kappa shape index (κ1) is 17.9. The second-order valence-electron chi connectivity index (χ2n) is 6.71. The van der Waals surface area contributed by atoms with Gasteiger partial charge in [0.05, 0.1) is 30.0 Å². The van der Waals surface area contributed by atoms with Gasteiger partial charge in [0, 0.05) is 25.6 Å². The van der Waals surface area contributed by atoms with E-state index in [-0.39, 0.29) is 11.8 Å². The Morgan fingerprint density at radius 3 is 2.89 bits per heavy atom. The molecule has 3 heterocycles. The van der Waals surface area contributed by atoms with Gasteiger partial charge in [-0.15, -0.1) is 0 Å². The van der Waals surface area contributed by atoms with Crippen LogP contribution in [-0.4, -0.2) is 48.2 Å². The van der Waals surface area contributed by atoms with Gasteiger partial charge >= 0.3 is 0 Å². The van der Waals surface area contributed by atoms with Crippen LogP contribution in [0.15, 0.2) is 36.7 Å². The molecule has 4 rings (SSSR count). The maximum absolute atomic E-state index is 12.7. The number of amides is 2. The molecule has 1 aliphatic rings. The average Bonchev–Trinajstić information content (AvgIpc) is 3.32. The van der Waals surface area contributed by atoms with Gasteiger partial charge in [-0.2, -0.15) is 10.2 Å². The Labute approximate surface area is 161 Å². The van der Waals surface area contributed by atoms with Crippen molar-refractivity contribution in [2.24, 2.45) is 0 Å². The third kappa shape index (κ3) is 3.64. The summed E-state index contributed by atoms with van der Waals surface area (Å²) in [4.78, 5) is 30.4. The van der Waals surface area contributed by atoms with E-state index in [9.17, 15) is 9.59 Å². The fourth-order valence-corrected chi connectivity index (χ4v) is 3.37. The van der Waals surface area contributed by atoms with E-state index in [1.165, 1.54) is 6.33 Å². The lowest BCUT2D eigenvalue weighted by atomic mass is 10.1. The van der Waals surface area contributed by atoms with E-state index in [0.29, 0.717) is 30.0 Å². The zero-order chi connectivity index (χ0) is 19.5. The number of carbonyl (C=O) groups excluding carboxylic acids is 2. The highest BCUT2D eigenvalue weighted by atomic mass is 16.2. The maximum atomic E-state index is 12.7. The summed E-state index contributed by atoms with van der Waals surface area (Å²) in [7, 11) is 0. The Kier molecular flexibility index (Phi) is 4.88. The van der Waals surface area contributed by atoms with E-state index in [2.05, 4.69) is 25.6 Å². The van der Waals surface area contributed by atoms with E-state index in [0.717, 1.165) is 30.9 Å². The minimum Gasteiger partial charge on any atom is -0.346 e. The van der Waals surface area contributed by atoms with Crippen molar-refractivity contribution in [2.45, 2.75) is 33.0 Å². The first-order chi connectivity index (χ1) is 13.6. The first-order valence-electron chi connectivity index (χ1n) is 9.16. The first-order valence-corrected chi connectivity index (χ1v) is 9.16. The molecular formula is C19H21N7O2. The molecule has 2 amide bonds. The summed E-state index contributed by atoms with van der Waals surface area (Å²) in [6, 6.07) is 9.18. The summed E-state index contributed by atoms with van der Waals surface area (Å²) in [5.41, 5.74) is 2.96. The second kappa shape index (κ2) is 7.63. The van der Waals surface area contributed by atoms with E-state index in [1.807, 2.05) is 33.8 Å². The summed E-state index contributed by atoms with van der Waals surface area (Å²) < 4.78 is 1.92. The number of H-pyrrole nitrogens is 1. The summed E-state index contributed by atoms with van der Waals surface area (Å²) in [5.74, 6) is 0.401. The lowest BCUT2D eigenvalue weighted by Crippen LogP contribution is -2.28. The van der Waals surface area contributed by atoms with Crippen LogP contribution in [0.3, 0.4) is 0 Å². The summed E-state index contributed by atoms with van der Waals surface area (Å²) in [6.07, 6.45) is 2.27. The number of nitrogens with zero attached hydrogens (tertiary/aromatic N) is 5. The molecule has 0 bridgehead atoms. The summed E-state index contributed by atoms with van der Waals surface area (Å²) in [6.45, 7) is 3.94. The van der Waals surface area contributed by atoms with Crippen molar-refractivity contribution in [2.75, 3.05) is 6.54 Å². The summed E-state index contributed by atoms with van der Waals surface area (Å²) >= 11 is 0. The SMILES string of the molecule is CC(=O)N1CCCn2nc(CNC(=O)c3ccccc3-c3ncn[nH]3)cc2C1. The predicted octanol–water partition coefficient (Wildman–Crippen LogP) is 1.35. The Balaban J connectivity index is 1.47. The van der Waals surface area contributed by atoms with Crippen molar-refractivity contribution in [3.8, 4) is 11.4 Å². The van der Waals surface area contributed by atoms with Crippen molar-refractivity contribution in [3.63, 3.8) is 0 Å². The molecule has 0 aliphatic carbocycles. The van der Waals surface area contributed by atoms with Gasteiger partial charge in [0.25, 0.3) is 5.91 Å². The summed E-state index contributed by atoms with van der Waals surface area (Å²) in [5, 5.41) is 14.1. The fraction of sp³-hybridized carbons (Fsp3) is 0.316. The number of fused-ring (bicyclic) bond motifs is 1. The van der Waals surface area contributed by atoms with Gasteiger partial charge in [-0.05, 0) is 18.6 Å². The van der Waals surface area contributed by atoms with Crippen molar-refractivity contribution in [1.82, 2.24) is 35.2 Å². The predicted molar refractivity (Wildman–Crippen MR) is 101 cm³/mol. The minimum absolute atomic E-state index is 0.0634. The Morgan fingerprint density at radius 1 is 1.25 bits per heavy atom. The lowest BCUT2D eigenvalue weighted by molar-refractivity contribution is -0.129. The van der Waals surface area contributed by atoms with E-state index in [1.54, 1.807) is 13.0 Å². The van der Waals surface area contributed by atoms with Crippen LogP contribution >= 0.6 is 0 Å². The van der Waals surface area contributed by atoms with Gasteiger partial charge in [0.1, 0.15) is 6.33 Å². The van der Waals surface area contributed by atoms with E-state index >= 15 is 0 Å². The molecule has 0 radical (unpaired) electrons. The van der Waals surface area contributed by atoms with Crippen LogP contribution in [0.2, 0.25) is 0 Å². The van der Waals surface area contributed by atoms with E-state index < -0.39 is 0 Å². The number of aromatic nitrogens is 5. The highest BCUT2D eigenvalue weighted by Gasteiger charge is 2.19. The third-order valence-electron chi connectivity index (χ3n) is 4.78. The molecule has 0 saturated carbocycles. The molecule has 144 valence electrons. The average molecular weight is 379 g/mol. The quantitative estimate of drug-likeness (QED) is 0.711. The van der Waals surface area contributed by atoms with Gasteiger partial charge in [0.2, 0.25) is 5.91 Å². The molecule has 0 fully saturated rings. The number of nitrogens with one attached hydrogen (secondary N) is 2. The largest absolute Gasteiger partial charge is 0.346 e. The van der Waals surface area contributed by atoms with Crippen molar-refractivity contribution in [1.29, 1.82) is 0 Å². The van der Waals surface area contributed by atoms with Gasteiger partial charge < -0.3 is 10.2 Å². The van der Waals surface area contributed by atoms with Crippen LogP contribution in [0.4, 0.5) is 0 Å². The smallest absolute Gasteiger partial charge is 0.252 e. The minimum atomic E-state index is -0.208. The monoisotopic (exact) mass is 379 g/mol. The maximum Gasteiger partial charge on any atom is 0.252 e. The number of hydrogen-bond donors (Lipinski definition) is 2. The molecule has 9 nitrogen and oxygen atoms in total. The molecule has 1 aliphatic heterocycles. The number of carbonyl (C=O) groups is 2. The topological polar surface area (TPSA) is 109 Å². The standard InChI is InChI=1S/C19H21N7O2/c1-13(27)25-7-4-8-26-15(11-25)9-14(24-26)10-20-19(28)17-6-3-2-5-16(17)18-21-12-22-23-18/h2-3,5-6,9,12H,4,7-8,10-11H2,1H3,(H,20,28)(H,21,22,23). The van der Waals surface area contributed by atoms with Gasteiger partial charge in [-0.3, -0.25) is 19.4 Å². The molecule has 2 aromatic heterocycles. The Morgan fingerprint density at radius 2 is 2.11 bits per heavy atom. The molecule has 3 aromatic rings. The second-order valence-corrected chi connectivity index (χ2v) is 6.71. The molecule has 1 aromatic carbocycles. The molecule has 28 heavy (non-hydrogen) atoms. The van der Waals surface area contributed by atoms with Crippen LogP contribution in [0.5, 0.6) is 0 Å². The van der Waals surface area contributed by atoms with Crippen LogP contribution in [-0.2, 0) is 24.4 Å². The molecular weight excluding hydrogens is 358 g/mol. The number of rotatable bonds is 4. The van der Waals surface area contributed by atoms with E-state index in [4.69, 9.17) is 0 Å². The Bertz CT molecular complexity index is 994. The van der Waals surface area contributed by atoms with Gasteiger partial charge in [-0.25, -0.2) is 4.98 Å². The number of hydrogen-bond acceptors (Lipinski definition) is 5. The van der Waals surface area contributed by atoms with Crippen LogP contribution < -0.4 is 5.32 Å². The molecule has 9 heteroatoms. The molecule has 0 spiro atoms. The van der Waals surface area contributed by atoms with Crippen LogP contribution in [0, 0.1) is 0 Å². The van der Waals surface area contributed by atoms with Crippen molar-refractivity contribution < 1.29 is 9.59 Å². The molecule has 0 unspecified atom stereocenters. The molecule has 0 atom stereocenters.